The molecule has 0 fully saturated rings. The fourth-order valence-electron chi connectivity index (χ4n) is 3.84. The first-order chi connectivity index (χ1) is 14.2. The van der Waals surface area contributed by atoms with E-state index in [2.05, 4.69) is 0 Å². The van der Waals surface area contributed by atoms with Crippen molar-refractivity contribution in [2.24, 2.45) is 5.73 Å². The largest absolute Gasteiger partial charge is 0.369 e. The summed E-state index contributed by atoms with van der Waals surface area (Å²) < 4.78 is 27.9. The molecule has 0 aromatic heterocycles. The van der Waals surface area contributed by atoms with Crippen LogP contribution in [-0.4, -0.2) is 11.7 Å². The predicted octanol–water partition coefficient (Wildman–Crippen LogP) is 4.61. The topological polar surface area (TPSA) is 60.2 Å². The molecule has 0 saturated carbocycles. The Bertz CT molecular complexity index is 1100. The van der Waals surface area contributed by atoms with E-state index in [1.165, 1.54) is 36.4 Å². The molecule has 3 rings (SSSR count). The summed E-state index contributed by atoms with van der Waals surface area (Å²) in [5, 5.41) is 0. The van der Waals surface area contributed by atoms with Crippen molar-refractivity contribution >= 4 is 11.7 Å². The van der Waals surface area contributed by atoms with Crippen LogP contribution in [-0.2, 0) is 21.4 Å². The van der Waals surface area contributed by atoms with Crippen LogP contribution in [0, 0.1) is 18.6 Å². The maximum Gasteiger partial charge on any atom is 0.232 e. The number of hydrogen-bond donors (Lipinski definition) is 1. The van der Waals surface area contributed by atoms with Crippen LogP contribution >= 0.6 is 0 Å². The first-order valence-corrected chi connectivity index (χ1v) is 9.61. The number of carbonyl (C=O) groups excluding carboxylic acids is 2. The lowest BCUT2D eigenvalue weighted by atomic mass is 9.69. The molecule has 5 heteroatoms. The maximum absolute atomic E-state index is 14.0. The number of amides is 1. The zero-order chi connectivity index (χ0) is 21.9. The summed E-state index contributed by atoms with van der Waals surface area (Å²) in [6.45, 7) is 3.60. The fraction of sp³-hybridized carbons (Fsp3) is 0.200. The van der Waals surface area contributed by atoms with Crippen LogP contribution in [0.25, 0.3) is 0 Å². The third-order valence-electron chi connectivity index (χ3n) is 5.37. The third-order valence-corrected chi connectivity index (χ3v) is 5.37. The van der Waals surface area contributed by atoms with Crippen LogP contribution < -0.4 is 5.73 Å². The number of rotatable bonds is 7. The van der Waals surface area contributed by atoms with Crippen molar-refractivity contribution in [2.75, 3.05) is 0 Å². The van der Waals surface area contributed by atoms with E-state index in [4.69, 9.17) is 5.73 Å². The molecule has 0 aliphatic rings. The second-order valence-corrected chi connectivity index (χ2v) is 7.76. The van der Waals surface area contributed by atoms with E-state index in [0.717, 1.165) is 17.2 Å². The number of halogens is 2. The van der Waals surface area contributed by atoms with Crippen molar-refractivity contribution in [1.82, 2.24) is 0 Å². The normalized spacial score (nSPS) is 14.0. The Morgan fingerprint density at radius 2 is 1.57 bits per heavy atom. The van der Waals surface area contributed by atoms with Crippen molar-refractivity contribution in [2.45, 2.75) is 31.6 Å². The number of benzene rings is 3. The predicted molar refractivity (Wildman–Crippen MR) is 112 cm³/mol. The van der Waals surface area contributed by atoms with E-state index in [1.54, 1.807) is 13.0 Å². The molecule has 2 atom stereocenters. The number of Topliss-reactive ketones (excluding diaryl/α,β-unsaturated/α-hetero) is 1. The molecule has 0 radical (unpaired) electrons. The first kappa shape index (κ1) is 21.4. The first-order valence-electron chi connectivity index (χ1n) is 9.61. The van der Waals surface area contributed by atoms with Gasteiger partial charge in [0.05, 0.1) is 5.41 Å². The molecule has 0 aliphatic heterocycles. The minimum atomic E-state index is -1.36. The maximum atomic E-state index is 14.0. The number of aryl methyl sites for hydroxylation is 1. The highest BCUT2D eigenvalue weighted by Crippen LogP contribution is 2.36. The molecule has 3 aromatic rings. The summed E-state index contributed by atoms with van der Waals surface area (Å²) in [5.41, 5.74) is 6.80. The standard InChI is InChI=1S/C25H23F2NO2/c1-16-6-3-7-17(12-16)15-25(2,19-9-5-11-21(27)14-19)23(29)22(24(28)30)18-8-4-10-20(26)13-18/h3-14,22H,15H2,1-2H3,(H2,28,30). The monoisotopic (exact) mass is 407 g/mol. The Hall–Kier alpha value is -3.34. The summed E-state index contributed by atoms with van der Waals surface area (Å²) in [6.07, 6.45) is 0.232. The number of hydrogen-bond acceptors (Lipinski definition) is 2. The molecule has 0 bridgehead atoms. The second-order valence-electron chi connectivity index (χ2n) is 7.76. The lowest BCUT2D eigenvalue weighted by Gasteiger charge is -2.32. The van der Waals surface area contributed by atoms with Gasteiger partial charge in [0.15, 0.2) is 5.78 Å². The van der Waals surface area contributed by atoms with Gasteiger partial charge in [0.25, 0.3) is 0 Å². The number of ketones is 1. The third kappa shape index (κ3) is 4.46. The average molecular weight is 407 g/mol. The molecule has 2 unspecified atom stereocenters. The summed E-state index contributed by atoms with van der Waals surface area (Å²) in [6, 6.07) is 18.7. The SMILES string of the molecule is Cc1cccc(CC(C)(C(=O)C(C(N)=O)c2cccc(F)c2)c2cccc(F)c2)c1. The van der Waals surface area contributed by atoms with Gasteiger partial charge in [-0.15, -0.1) is 0 Å². The van der Waals surface area contributed by atoms with Crippen LogP contribution in [0.2, 0.25) is 0 Å². The van der Waals surface area contributed by atoms with Gasteiger partial charge in [0.1, 0.15) is 17.6 Å². The molecule has 154 valence electrons. The van der Waals surface area contributed by atoms with Crippen LogP contribution in [0.15, 0.2) is 72.8 Å². The Morgan fingerprint density at radius 3 is 2.17 bits per heavy atom. The van der Waals surface area contributed by atoms with Crippen molar-refractivity contribution < 1.29 is 18.4 Å². The van der Waals surface area contributed by atoms with Gasteiger partial charge in [-0.2, -0.15) is 0 Å². The highest BCUT2D eigenvalue weighted by Gasteiger charge is 2.42. The molecule has 0 heterocycles. The Labute approximate surface area is 174 Å². The van der Waals surface area contributed by atoms with Crippen molar-refractivity contribution in [3.05, 3.63) is 107 Å². The lowest BCUT2D eigenvalue weighted by molar-refractivity contribution is -0.132. The second kappa shape index (κ2) is 8.57. The summed E-state index contributed by atoms with van der Waals surface area (Å²) >= 11 is 0. The minimum absolute atomic E-state index is 0.180. The molecule has 0 saturated heterocycles. The van der Waals surface area contributed by atoms with Crippen molar-refractivity contribution in [3.8, 4) is 0 Å². The number of carbonyl (C=O) groups is 2. The van der Waals surface area contributed by atoms with E-state index in [1.807, 2.05) is 31.2 Å². The van der Waals surface area contributed by atoms with Crippen molar-refractivity contribution in [3.63, 3.8) is 0 Å². The van der Waals surface area contributed by atoms with E-state index in [-0.39, 0.29) is 12.0 Å². The van der Waals surface area contributed by atoms with E-state index < -0.39 is 34.7 Å². The molecule has 1 amide bonds. The van der Waals surface area contributed by atoms with Gasteiger partial charge in [-0.25, -0.2) is 8.78 Å². The molecule has 3 nitrogen and oxygen atoms in total. The number of nitrogens with two attached hydrogens (primary N) is 1. The van der Waals surface area contributed by atoms with Crippen LogP contribution in [0.5, 0.6) is 0 Å². The van der Waals surface area contributed by atoms with Gasteiger partial charge < -0.3 is 5.73 Å². The number of primary amides is 1. The van der Waals surface area contributed by atoms with Gasteiger partial charge >= 0.3 is 0 Å². The summed E-state index contributed by atoms with van der Waals surface area (Å²) in [5.74, 6) is -3.81. The molecule has 2 N–H and O–H groups in total. The van der Waals surface area contributed by atoms with Gasteiger partial charge in [-0.3, -0.25) is 9.59 Å². The quantitative estimate of drug-likeness (QED) is 0.582. The van der Waals surface area contributed by atoms with E-state index in [9.17, 15) is 18.4 Å². The van der Waals surface area contributed by atoms with Gasteiger partial charge in [0, 0.05) is 0 Å². The molecule has 3 aromatic carbocycles. The van der Waals surface area contributed by atoms with Gasteiger partial charge in [-0.05, 0) is 61.2 Å². The van der Waals surface area contributed by atoms with Gasteiger partial charge in [0.2, 0.25) is 5.91 Å². The van der Waals surface area contributed by atoms with Crippen LogP contribution in [0.4, 0.5) is 8.78 Å². The molecular weight excluding hydrogens is 384 g/mol. The van der Waals surface area contributed by atoms with E-state index >= 15 is 0 Å². The molecular formula is C25H23F2NO2. The lowest BCUT2D eigenvalue weighted by Crippen LogP contribution is -2.43. The highest BCUT2D eigenvalue weighted by atomic mass is 19.1. The zero-order valence-electron chi connectivity index (χ0n) is 16.9. The summed E-state index contributed by atoms with van der Waals surface area (Å²) in [4.78, 5) is 26.1. The Balaban J connectivity index is 2.14. The molecule has 30 heavy (non-hydrogen) atoms. The smallest absolute Gasteiger partial charge is 0.232 e. The molecule has 0 aliphatic carbocycles. The van der Waals surface area contributed by atoms with Crippen LogP contribution in [0.1, 0.15) is 35.1 Å². The van der Waals surface area contributed by atoms with Crippen molar-refractivity contribution in [1.29, 1.82) is 0 Å². The minimum Gasteiger partial charge on any atom is -0.369 e. The zero-order valence-corrected chi connectivity index (χ0v) is 16.9. The fourth-order valence-corrected chi connectivity index (χ4v) is 3.84. The Morgan fingerprint density at radius 1 is 0.933 bits per heavy atom. The van der Waals surface area contributed by atoms with E-state index in [0.29, 0.717) is 5.56 Å². The average Bonchev–Trinajstić information content (AvgIpc) is 2.68. The highest BCUT2D eigenvalue weighted by molar-refractivity contribution is 6.10. The molecule has 0 spiro atoms. The Kier molecular flexibility index (Phi) is 6.11. The summed E-state index contributed by atoms with van der Waals surface area (Å²) in [7, 11) is 0. The van der Waals surface area contributed by atoms with Crippen LogP contribution in [0.3, 0.4) is 0 Å². The van der Waals surface area contributed by atoms with Gasteiger partial charge in [-0.1, -0.05) is 54.1 Å².